The molecule has 0 spiro atoms. The first-order valence-electron chi connectivity index (χ1n) is 7.27. The second kappa shape index (κ2) is 4.58. The highest BCUT2D eigenvalue weighted by Gasteiger charge is 2.53. The Labute approximate surface area is 124 Å². The summed E-state index contributed by atoms with van der Waals surface area (Å²) < 4.78 is 10.7. The van der Waals surface area contributed by atoms with Crippen molar-refractivity contribution in [2.24, 2.45) is 17.3 Å². The van der Waals surface area contributed by atoms with E-state index >= 15 is 0 Å². The lowest BCUT2D eigenvalue weighted by Gasteiger charge is -2.48. The minimum Gasteiger partial charge on any atom is -0.458 e. The van der Waals surface area contributed by atoms with E-state index < -0.39 is 0 Å². The first kappa shape index (κ1) is 14.1. The van der Waals surface area contributed by atoms with Crippen LogP contribution in [0.4, 0.5) is 0 Å². The molecule has 0 radical (unpaired) electrons. The summed E-state index contributed by atoms with van der Waals surface area (Å²) in [5, 5.41) is 0. The van der Waals surface area contributed by atoms with Gasteiger partial charge in [-0.2, -0.15) is 0 Å². The molecule has 1 saturated carbocycles. The summed E-state index contributed by atoms with van der Waals surface area (Å²) in [5.74, 6) is -0.374. The quantitative estimate of drug-likeness (QED) is 0.423. The molecule has 0 amide bonds. The van der Waals surface area contributed by atoms with Crippen LogP contribution >= 0.6 is 0 Å². The normalized spacial score (nSPS) is 41.3. The van der Waals surface area contributed by atoms with Crippen molar-refractivity contribution in [3.05, 3.63) is 36.5 Å². The predicted octanol–water partition coefficient (Wildman–Crippen LogP) is 2.56. The number of carbonyl (C=O) groups is 2. The molecule has 0 aromatic heterocycles. The molecule has 4 nitrogen and oxygen atoms in total. The van der Waals surface area contributed by atoms with E-state index in [1.54, 1.807) is 0 Å². The number of ether oxygens (including phenoxy) is 2. The topological polar surface area (TPSA) is 52.6 Å². The molecule has 0 unspecified atom stereocenters. The fourth-order valence-corrected chi connectivity index (χ4v) is 3.93. The molecule has 3 rings (SSSR count). The van der Waals surface area contributed by atoms with Gasteiger partial charge in [0.05, 0.1) is 0 Å². The third-order valence-corrected chi connectivity index (χ3v) is 5.10. The number of fused-ring (bicyclic) bond motifs is 2. The highest BCUT2D eigenvalue weighted by Crippen LogP contribution is 2.54. The number of allylic oxidation sites excluding steroid dienone is 1. The number of rotatable bonds is 1. The Morgan fingerprint density at radius 3 is 2.86 bits per heavy atom. The van der Waals surface area contributed by atoms with Gasteiger partial charge in [0, 0.05) is 18.4 Å². The second-order valence-electron chi connectivity index (χ2n) is 6.54. The lowest BCUT2D eigenvalue weighted by molar-refractivity contribution is -0.145. The zero-order chi connectivity index (χ0) is 15.4. The first-order chi connectivity index (χ1) is 9.82. The molecule has 4 heteroatoms. The molecule has 2 fully saturated rings. The van der Waals surface area contributed by atoms with E-state index in [4.69, 9.17) is 9.47 Å². The van der Waals surface area contributed by atoms with Crippen LogP contribution in [0.5, 0.6) is 0 Å². The maximum atomic E-state index is 11.7. The molecule has 0 aromatic rings. The van der Waals surface area contributed by atoms with E-state index in [0.717, 1.165) is 18.4 Å². The summed E-state index contributed by atoms with van der Waals surface area (Å²) in [6, 6.07) is 0. The predicted molar refractivity (Wildman–Crippen MR) is 77.2 cm³/mol. The minimum absolute atomic E-state index is 0.0526. The number of esters is 2. The Balaban J connectivity index is 1.89. The third-order valence-electron chi connectivity index (χ3n) is 5.10. The molecule has 1 heterocycles. The zero-order valence-corrected chi connectivity index (χ0v) is 12.4. The van der Waals surface area contributed by atoms with E-state index in [2.05, 4.69) is 26.2 Å². The fraction of sp³-hybridized carbons (Fsp3) is 0.529. The van der Waals surface area contributed by atoms with E-state index in [-0.39, 0.29) is 41.4 Å². The van der Waals surface area contributed by atoms with Gasteiger partial charge in [0.1, 0.15) is 12.2 Å². The molecule has 5 atom stereocenters. The molecule has 112 valence electrons. The minimum atomic E-state index is -0.372. The zero-order valence-electron chi connectivity index (χ0n) is 12.4. The summed E-state index contributed by atoms with van der Waals surface area (Å²) in [7, 11) is 0. The Morgan fingerprint density at radius 2 is 2.19 bits per heavy atom. The standard InChI is InChI=1S/C17H20O4/c1-9-12-7-13-10(2)14(20-11(3)18)5-6-17(13,4)8-15(12)21-16(9)19/h5-6,12-15H,1-2,7-8H2,3-4H3/t12-,13+,14+,15-,17+/m1/s1. The molecule has 0 bridgehead atoms. The lowest BCUT2D eigenvalue weighted by atomic mass is 9.58. The van der Waals surface area contributed by atoms with Crippen LogP contribution in [-0.4, -0.2) is 24.1 Å². The Bertz CT molecular complexity index is 573. The summed E-state index contributed by atoms with van der Waals surface area (Å²) in [4.78, 5) is 22.9. The monoisotopic (exact) mass is 288 g/mol. The van der Waals surface area contributed by atoms with Crippen molar-refractivity contribution in [3.63, 3.8) is 0 Å². The molecule has 0 aromatic carbocycles. The smallest absolute Gasteiger partial charge is 0.334 e. The van der Waals surface area contributed by atoms with Crippen molar-refractivity contribution in [3.8, 4) is 0 Å². The van der Waals surface area contributed by atoms with Crippen LogP contribution < -0.4 is 0 Å². The van der Waals surface area contributed by atoms with Gasteiger partial charge in [-0.15, -0.1) is 0 Å². The maximum absolute atomic E-state index is 11.7. The highest BCUT2D eigenvalue weighted by atomic mass is 16.6. The highest BCUT2D eigenvalue weighted by molar-refractivity contribution is 5.90. The average molecular weight is 288 g/mol. The Hall–Kier alpha value is -1.84. The van der Waals surface area contributed by atoms with Crippen molar-refractivity contribution in [1.82, 2.24) is 0 Å². The largest absolute Gasteiger partial charge is 0.458 e. The van der Waals surface area contributed by atoms with Gasteiger partial charge in [-0.3, -0.25) is 4.79 Å². The van der Waals surface area contributed by atoms with Gasteiger partial charge in [-0.25, -0.2) is 4.79 Å². The van der Waals surface area contributed by atoms with E-state index in [9.17, 15) is 9.59 Å². The molecular weight excluding hydrogens is 268 g/mol. The van der Waals surface area contributed by atoms with E-state index in [1.165, 1.54) is 6.92 Å². The van der Waals surface area contributed by atoms with Crippen molar-refractivity contribution < 1.29 is 19.1 Å². The molecule has 21 heavy (non-hydrogen) atoms. The van der Waals surface area contributed by atoms with Gasteiger partial charge in [-0.1, -0.05) is 26.2 Å². The van der Waals surface area contributed by atoms with Crippen LogP contribution in [0.25, 0.3) is 0 Å². The van der Waals surface area contributed by atoms with Crippen molar-refractivity contribution >= 4 is 11.9 Å². The fourth-order valence-electron chi connectivity index (χ4n) is 3.93. The van der Waals surface area contributed by atoms with Gasteiger partial charge in [-0.05, 0) is 35.8 Å². The van der Waals surface area contributed by atoms with Gasteiger partial charge in [0.15, 0.2) is 0 Å². The van der Waals surface area contributed by atoms with Gasteiger partial charge in [0.2, 0.25) is 0 Å². The summed E-state index contributed by atoms with van der Waals surface area (Å²) in [5.41, 5.74) is 1.36. The summed E-state index contributed by atoms with van der Waals surface area (Å²) >= 11 is 0. The van der Waals surface area contributed by atoms with Crippen molar-refractivity contribution in [2.75, 3.05) is 0 Å². The van der Waals surface area contributed by atoms with E-state index in [0.29, 0.717) is 5.57 Å². The van der Waals surface area contributed by atoms with Crippen LogP contribution in [0.1, 0.15) is 26.7 Å². The Kier molecular flexibility index (Phi) is 3.08. The maximum Gasteiger partial charge on any atom is 0.334 e. The van der Waals surface area contributed by atoms with E-state index in [1.807, 2.05) is 6.08 Å². The van der Waals surface area contributed by atoms with Crippen LogP contribution in [0.3, 0.4) is 0 Å². The summed E-state index contributed by atoms with van der Waals surface area (Å²) in [6.07, 6.45) is 5.05. The number of hydrogen-bond acceptors (Lipinski definition) is 4. The van der Waals surface area contributed by atoms with Crippen molar-refractivity contribution in [1.29, 1.82) is 0 Å². The molecule has 1 aliphatic heterocycles. The Morgan fingerprint density at radius 1 is 1.48 bits per heavy atom. The molecule has 1 saturated heterocycles. The summed E-state index contributed by atoms with van der Waals surface area (Å²) in [6.45, 7) is 11.6. The lowest BCUT2D eigenvalue weighted by Crippen LogP contribution is -2.44. The SMILES string of the molecule is C=C1C(=O)O[C@@H]2C[C@]3(C)C=C[C@H](OC(C)=O)C(=C)[C@@H]3C[C@H]12. The average Bonchev–Trinajstić information content (AvgIpc) is 2.66. The molecule has 2 aliphatic carbocycles. The van der Waals surface area contributed by atoms with Gasteiger partial charge in [0.25, 0.3) is 0 Å². The first-order valence-corrected chi connectivity index (χ1v) is 7.27. The second-order valence-corrected chi connectivity index (χ2v) is 6.54. The number of carbonyl (C=O) groups excluding carboxylic acids is 2. The molecule has 0 N–H and O–H groups in total. The van der Waals surface area contributed by atoms with Gasteiger partial charge < -0.3 is 9.47 Å². The van der Waals surface area contributed by atoms with Gasteiger partial charge >= 0.3 is 11.9 Å². The number of hydrogen-bond donors (Lipinski definition) is 0. The van der Waals surface area contributed by atoms with Crippen LogP contribution in [0, 0.1) is 17.3 Å². The molecule has 3 aliphatic rings. The molecular formula is C17H20O4. The van der Waals surface area contributed by atoms with Crippen LogP contribution in [0.2, 0.25) is 0 Å². The van der Waals surface area contributed by atoms with Crippen LogP contribution in [0.15, 0.2) is 36.5 Å². The van der Waals surface area contributed by atoms with Crippen molar-refractivity contribution in [2.45, 2.75) is 38.9 Å². The third kappa shape index (κ3) is 2.13. The van der Waals surface area contributed by atoms with Crippen LogP contribution in [-0.2, 0) is 19.1 Å².